The maximum absolute atomic E-state index is 12.1. The second-order valence-corrected chi connectivity index (χ2v) is 6.29. The van der Waals surface area contributed by atoms with E-state index in [1.807, 2.05) is 0 Å². The third kappa shape index (κ3) is 3.15. The van der Waals surface area contributed by atoms with Crippen molar-refractivity contribution in [3.63, 3.8) is 0 Å². The highest BCUT2D eigenvalue weighted by Gasteiger charge is 2.33. The quantitative estimate of drug-likeness (QED) is 0.671. The van der Waals surface area contributed by atoms with Crippen LogP contribution < -0.4 is 0 Å². The molecule has 1 aliphatic rings. The SMILES string of the molecule is O=C(O)CN1C(=O)/C(=C\c2c(Cl)cccc2Cl)SC1=S. The first-order chi connectivity index (χ1) is 9.40. The van der Waals surface area contributed by atoms with Gasteiger partial charge in [-0.2, -0.15) is 0 Å². The molecule has 2 rings (SSSR count). The van der Waals surface area contributed by atoms with E-state index in [-0.39, 0.29) is 4.32 Å². The third-order valence-corrected chi connectivity index (χ3v) is 4.48. The molecule has 1 amide bonds. The first-order valence-corrected chi connectivity index (χ1v) is 7.29. The van der Waals surface area contributed by atoms with Gasteiger partial charge in [0, 0.05) is 15.6 Å². The minimum atomic E-state index is -1.13. The summed E-state index contributed by atoms with van der Waals surface area (Å²) in [6.07, 6.45) is 1.52. The lowest BCUT2D eigenvalue weighted by atomic mass is 10.2. The average molecular weight is 348 g/mol. The van der Waals surface area contributed by atoms with Crippen molar-refractivity contribution in [1.82, 2.24) is 4.90 Å². The fraction of sp³-hybridized carbons (Fsp3) is 0.0833. The molecule has 1 fully saturated rings. The van der Waals surface area contributed by atoms with Crippen LogP contribution in [0.2, 0.25) is 10.0 Å². The zero-order chi connectivity index (χ0) is 14.9. The molecule has 0 saturated carbocycles. The zero-order valence-corrected chi connectivity index (χ0v) is 12.9. The van der Waals surface area contributed by atoms with Crippen LogP contribution in [0.25, 0.3) is 6.08 Å². The van der Waals surface area contributed by atoms with Crippen LogP contribution in [-0.4, -0.2) is 32.7 Å². The molecule has 1 heterocycles. The van der Waals surface area contributed by atoms with Crippen molar-refractivity contribution in [3.8, 4) is 0 Å². The van der Waals surface area contributed by atoms with Crippen molar-refractivity contribution in [2.45, 2.75) is 0 Å². The number of rotatable bonds is 3. The molecule has 0 bridgehead atoms. The Balaban J connectivity index is 2.35. The highest BCUT2D eigenvalue weighted by molar-refractivity contribution is 8.26. The van der Waals surface area contributed by atoms with Crippen molar-refractivity contribution >= 4 is 69.5 Å². The third-order valence-electron chi connectivity index (χ3n) is 2.44. The topological polar surface area (TPSA) is 57.6 Å². The fourth-order valence-corrected chi connectivity index (χ4v) is 3.29. The summed E-state index contributed by atoms with van der Waals surface area (Å²) in [5.41, 5.74) is 0.506. The Kier molecular flexibility index (Phi) is 4.70. The molecule has 0 atom stereocenters. The number of thioether (sulfide) groups is 1. The first-order valence-electron chi connectivity index (χ1n) is 5.31. The largest absolute Gasteiger partial charge is 0.480 e. The first kappa shape index (κ1) is 15.3. The van der Waals surface area contributed by atoms with Gasteiger partial charge in [-0.1, -0.05) is 53.2 Å². The van der Waals surface area contributed by atoms with Crippen LogP contribution in [0.15, 0.2) is 23.1 Å². The summed E-state index contributed by atoms with van der Waals surface area (Å²) in [5, 5.41) is 9.56. The molecule has 1 saturated heterocycles. The van der Waals surface area contributed by atoms with Crippen LogP contribution in [0, 0.1) is 0 Å². The van der Waals surface area contributed by atoms with Crippen LogP contribution >= 0.6 is 47.2 Å². The molecule has 8 heteroatoms. The molecule has 0 radical (unpaired) electrons. The Morgan fingerprint density at radius 1 is 1.40 bits per heavy atom. The Hall–Kier alpha value is -1.08. The summed E-state index contributed by atoms with van der Waals surface area (Å²) in [6, 6.07) is 4.99. The predicted octanol–water partition coefficient (Wildman–Crippen LogP) is 3.28. The highest BCUT2D eigenvalue weighted by Crippen LogP contribution is 2.35. The van der Waals surface area contributed by atoms with Crippen LogP contribution in [0.5, 0.6) is 0 Å². The van der Waals surface area contributed by atoms with Gasteiger partial charge < -0.3 is 5.11 Å². The van der Waals surface area contributed by atoms with Gasteiger partial charge in [0.25, 0.3) is 5.91 Å². The Morgan fingerprint density at radius 3 is 2.55 bits per heavy atom. The van der Waals surface area contributed by atoms with Gasteiger partial charge in [-0.3, -0.25) is 14.5 Å². The number of benzene rings is 1. The number of amides is 1. The van der Waals surface area contributed by atoms with Crippen LogP contribution in [0.1, 0.15) is 5.56 Å². The van der Waals surface area contributed by atoms with Gasteiger partial charge >= 0.3 is 5.97 Å². The van der Waals surface area contributed by atoms with Crippen LogP contribution in [0.3, 0.4) is 0 Å². The molecule has 104 valence electrons. The second-order valence-electron chi connectivity index (χ2n) is 3.80. The van der Waals surface area contributed by atoms with Gasteiger partial charge in [0.15, 0.2) is 0 Å². The number of carboxylic acids is 1. The summed E-state index contributed by atoms with van der Waals surface area (Å²) >= 11 is 18.1. The van der Waals surface area contributed by atoms with E-state index >= 15 is 0 Å². The maximum Gasteiger partial charge on any atom is 0.323 e. The molecule has 0 aromatic heterocycles. The van der Waals surface area contributed by atoms with Gasteiger partial charge in [0.2, 0.25) is 0 Å². The lowest BCUT2D eigenvalue weighted by molar-refractivity contribution is -0.140. The number of carboxylic acid groups (broad SMARTS) is 1. The minimum Gasteiger partial charge on any atom is -0.480 e. The van der Waals surface area contributed by atoms with E-state index in [1.54, 1.807) is 18.2 Å². The minimum absolute atomic E-state index is 0.201. The summed E-state index contributed by atoms with van der Waals surface area (Å²) in [5.74, 6) is -1.59. The molecule has 1 aromatic carbocycles. The number of hydrogen-bond acceptors (Lipinski definition) is 4. The van der Waals surface area contributed by atoms with Crippen molar-refractivity contribution in [2.75, 3.05) is 6.54 Å². The Bertz CT molecular complexity index is 625. The molecule has 1 aromatic rings. The lowest BCUT2D eigenvalue weighted by Crippen LogP contribution is -2.33. The van der Waals surface area contributed by atoms with Crippen molar-refractivity contribution in [1.29, 1.82) is 0 Å². The number of carbonyl (C=O) groups is 2. The summed E-state index contributed by atoms with van der Waals surface area (Å²) in [4.78, 5) is 24.1. The van der Waals surface area contributed by atoms with E-state index < -0.39 is 18.4 Å². The van der Waals surface area contributed by atoms with E-state index in [9.17, 15) is 9.59 Å². The molecule has 0 unspecified atom stereocenters. The maximum atomic E-state index is 12.1. The van der Waals surface area contributed by atoms with E-state index in [1.165, 1.54) is 6.08 Å². The number of thiocarbonyl (C=S) groups is 1. The number of aliphatic carboxylic acids is 1. The van der Waals surface area contributed by atoms with Gasteiger partial charge in [-0.05, 0) is 18.2 Å². The Morgan fingerprint density at radius 2 is 2.00 bits per heavy atom. The highest BCUT2D eigenvalue weighted by atomic mass is 35.5. The van der Waals surface area contributed by atoms with Crippen molar-refractivity contribution in [3.05, 3.63) is 38.7 Å². The molecule has 1 N–H and O–H groups in total. The number of nitrogens with zero attached hydrogens (tertiary/aromatic N) is 1. The van der Waals surface area contributed by atoms with Crippen molar-refractivity contribution < 1.29 is 14.7 Å². The number of halogens is 2. The van der Waals surface area contributed by atoms with Crippen LogP contribution in [-0.2, 0) is 9.59 Å². The smallest absolute Gasteiger partial charge is 0.323 e. The van der Waals surface area contributed by atoms with Gasteiger partial charge in [0.05, 0.1) is 4.91 Å². The van der Waals surface area contributed by atoms with E-state index in [4.69, 9.17) is 40.5 Å². The molecule has 20 heavy (non-hydrogen) atoms. The monoisotopic (exact) mass is 347 g/mol. The number of carbonyl (C=O) groups excluding carboxylic acids is 1. The molecular formula is C12H7Cl2NO3S2. The summed E-state index contributed by atoms with van der Waals surface area (Å²) in [6.45, 7) is -0.460. The van der Waals surface area contributed by atoms with Crippen molar-refractivity contribution in [2.24, 2.45) is 0 Å². The van der Waals surface area contributed by atoms with Gasteiger partial charge in [-0.15, -0.1) is 0 Å². The molecular weight excluding hydrogens is 341 g/mol. The molecule has 4 nitrogen and oxygen atoms in total. The average Bonchev–Trinajstić information content (AvgIpc) is 2.61. The second kappa shape index (κ2) is 6.13. The van der Waals surface area contributed by atoms with E-state index in [0.717, 1.165) is 16.7 Å². The lowest BCUT2D eigenvalue weighted by Gasteiger charge is -2.10. The number of hydrogen-bond donors (Lipinski definition) is 1. The predicted molar refractivity (Wildman–Crippen MR) is 84.0 cm³/mol. The van der Waals surface area contributed by atoms with E-state index in [2.05, 4.69) is 0 Å². The fourth-order valence-electron chi connectivity index (χ4n) is 1.55. The summed E-state index contributed by atoms with van der Waals surface area (Å²) < 4.78 is 0.201. The normalized spacial score (nSPS) is 17.1. The summed E-state index contributed by atoms with van der Waals surface area (Å²) in [7, 11) is 0. The zero-order valence-electron chi connectivity index (χ0n) is 9.80. The molecule has 1 aliphatic heterocycles. The molecule has 0 spiro atoms. The van der Waals surface area contributed by atoms with E-state index in [0.29, 0.717) is 20.5 Å². The molecule has 0 aliphatic carbocycles. The Labute approximate surface area is 134 Å². The van der Waals surface area contributed by atoms with Crippen LogP contribution in [0.4, 0.5) is 0 Å². The standard InChI is InChI=1S/C12H7Cl2NO3S2/c13-7-2-1-3-8(14)6(7)4-9-11(18)15(5-10(16)17)12(19)20-9/h1-4H,5H2,(H,16,17)/b9-4+. The van der Waals surface area contributed by atoms with Gasteiger partial charge in [-0.25, -0.2) is 0 Å². The van der Waals surface area contributed by atoms with Gasteiger partial charge in [0.1, 0.15) is 10.9 Å².